The van der Waals surface area contributed by atoms with E-state index in [9.17, 15) is 0 Å². The standard InChI is InChI=1S/C8H9IN4/c1-2-4-6(9)5-7(10)11-3-12-8(5)13-4/h3H,2H2,1H3,(H3,10,11,12,13). The minimum Gasteiger partial charge on any atom is -0.383 e. The predicted molar refractivity (Wildman–Crippen MR) is 60.4 cm³/mol. The van der Waals surface area contributed by atoms with Crippen molar-refractivity contribution in [1.29, 1.82) is 0 Å². The van der Waals surface area contributed by atoms with E-state index in [-0.39, 0.29) is 0 Å². The van der Waals surface area contributed by atoms with Crippen LogP contribution in [0.3, 0.4) is 0 Å². The van der Waals surface area contributed by atoms with Gasteiger partial charge in [-0.3, -0.25) is 0 Å². The molecule has 0 bridgehead atoms. The molecular weight excluding hydrogens is 279 g/mol. The summed E-state index contributed by atoms with van der Waals surface area (Å²) < 4.78 is 1.13. The largest absolute Gasteiger partial charge is 0.383 e. The van der Waals surface area contributed by atoms with Crippen molar-refractivity contribution in [1.82, 2.24) is 15.0 Å². The van der Waals surface area contributed by atoms with Crippen LogP contribution in [-0.4, -0.2) is 15.0 Å². The molecule has 0 unspecified atom stereocenters. The first kappa shape index (κ1) is 8.74. The first-order valence-electron chi connectivity index (χ1n) is 4.00. The van der Waals surface area contributed by atoms with Crippen LogP contribution >= 0.6 is 22.6 Å². The molecule has 5 heteroatoms. The third-order valence-corrected chi connectivity index (χ3v) is 3.17. The number of halogens is 1. The Hall–Kier alpha value is -0.850. The molecule has 0 spiro atoms. The zero-order valence-electron chi connectivity index (χ0n) is 7.13. The lowest BCUT2D eigenvalue weighted by Gasteiger charge is -1.93. The summed E-state index contributed by atoms with van der Waals surface area (Å²) in [7, 11) is 0. The molecule has 4 nitrogen and oxygen atoms in total. The van der Waals surface area contributed by atoms with E-state index < -0.39 is 0 Å². The van der Waals surface area contributed by atoms with Gasteiger partial charge in [-0.05, 0) is 29.0 Å². The summed E-state index contributed by atoms with van der Waals surface area (Å²) in [6.45, 7) is 2.09. The van der Waals surface area contributed by atoms with Gasteiger partial charge in [0, 0.05) is 9.26 Å². The first-order chi connectivity index (χ1) is 6.24. The highest BCUT2D eigenvalue weighted by molar-refractivity contribution is 14.1. The SMILES string of the molecule is CCc1[nH]c2ncnc(N)c2c1I. The predicted octanol–water partition coefficient (Wildman–Crippen LogP) is 1.71. The molecule has 2 aromatic heterocycles. The van der Waals surface area contributed by atoms with Gasteiger partial charge in [-0.1, -0.05) is 6.92 Å². The van der Waals surface area contributed by atoms with Gasteiger partial charge >= 0.3 is 0 Å². The molecule has 13 heavy (non-hydrogen) atoms. The van der Waals surface area contributed by atoms with Crippen molar-refractivity contribution in [3.63, 3.8) is 0 Å². The van der Waals surface area contributed by atoms with Gasteiger partial charge in [0.25, 0.3) is 0 Å². The van der Waals surface area contributed by atoms with Gasteiger partial charge in [0.15, 0.2) is 0 Å². The molecule has 0 aliphatic heterocycles. The number of rotatable bonds is 1. The summed E-state index contributed by atoms with van der Waals surface area (Å²) in [5.74, 6) is 0.547. The summed E-state index contributed by atoms with van der Waals surface area (Å²) in [6.07, 6.45) is 2.43. The summed E-state index contributed by atoms with van der Waals surface area (Å²) in [5.41, 5.74) is 7.75. The number of nitrogens with zero attached hydrogens (tertiary/aromatic N) is 2. The van der Waals surface area contributed by atoms with E-state index in [2.05, 4.69) is 44.5 Å². The molecule has 2 rings (SSSR count). The van der Waals surface area contributed by atoms with Gasteiger partial charge in [-0.2, -0.15) is 0 Å². The quantitative estimate of drug-likeness (QED) is 0.785. The molecule has 0 fully saturated rings. The van der Waals surface area contributed by atoms with E-state index in [4.69, 9.17) is 5.73 Å². The monoisotopic (exact) mass is 288 g/mol. The number of nitrogens with one attached hydrogen (secondary N) is 1. The molecule has 0 radical (unpaired) electrons. The molecule has 0 atom stereocenters. The minimum atomic E-state index is 0.547. The molecule has 68 valence electrons. The fourth-order valence-electron chi connectivity index (χ4n) is 1.30. The highest BCUT2D eigenvalue weighted by atomic mass is 127. The number of H-pyrrole nitrogens is 1. The van der Waals surface area contributed by atoms with E-state index in [1.807, 2.05) is 0 Å². The summed E-state index contributed by atoms with van der Waals surface area (Å²) in [6, 6.07) is 0. The number of aromatic amines is 1. The van der Waals surface area contributed by atoms with Crippen LogP contribution in [0.25, 0.3) is 11.0 Å². The second kappa shape index (κ2) is 3.13. The molecule has 0 saturated heterocycles. The van der Waals surface area contributed by atoms with E-state index in [0.29, 0.717) is 5.82 Å². The van der Waals surface area contributed by atoms with Crippen LogP contribution in [0, 0.1) is 3.57 Å². The average Bonchev–Trinajstić information content (AvgIpc) is 2.44. The average molecular weight is 288 g/mol. The van der Waals surface area contributed by atoms with E-state index >= 15 is 0 Å². The minimum absolute atomic E-state index is 0.547. The lowest BCUT2D eigenvalue weighted by Crippen LogP contribution is -1.92. The number of anilines is 1. The summed E-state index contributed by atoms with van der Waals surface area (Å²) in [5, 5.41) is 0.944. The molecule has 0 aliphatic carbocycles. The normalized spacial score (nSPS) is 10.9. The molecular formula is C8H9IN4. The topological polar surface area (TPSA) is 67.6 Å². The van der Waals surface area contributed by atoms with Crippen LogP contribution < -0.4 is 5.73 Å². The molecule has 2 aromatic rings. The van der Waals surface area contributed by atoms with Crippen molar-refractivity contribution < 1.29 is 0 Å². The van der Waals surface area contributed by atoms with Crippen LogP contribution in [-0.2, 0) is 6.42 Å². The van der Waals surface area contributed by atoms with Crippen molar-refractivity contribution >= 4 is 39.4 Å². The maximum Gasteiger partial charge on any atom is 0.144 e. The number of fused-ring (bicyclic) bond motifs is 1. The lowest BCUT2D eigenvalue weighted by atomic mass is 10.3. The fourth-order valence-corrected chi connectivity index (χ4v) is 2.35. The first-order valence-corrected chi connectivity index (χ1v) is 5.08. The van der Waals surface area contributed by atoms with E-state index in [1.54, 1.807) is 0 Å². The van der Waals surface area contributed by atoms with E-state index in [0.717, 1.165) is 21.0 Å². The summed E-state index contributed by atoms with van der Waals surface area (Å²) >= 11 is 2.27. The third-order valence-electron chi connectivity index (χ3n) is 1.98. The smallest absolute Gasteiger partial charge is 0.144 e. The Morgan fingerprint density at radius 2 is 2.31 bits per heavy atom. The van der Waals surface area contributed by atoms with Gasteiger partial charge in [-0.25, -0.2) is 9.97 Å². The van der Waals surface area contributed by atoms with Crippen LogP contribution in [0.15, 0.2) is 6.33 Å². The van der Waals surface area contributed by atoms with Crippen molar-refractivity contribution in [2.75, 3.05) is 5.73 Å². The second-order valence-electron chi connectivity index (χ2n) is 2.75. The van der Waals surface area contributed by atoms with Crippen LogP contribution in [0.1, 0.15) is 12.6 Å². The number of hydrogen-bond acceptors (Lipinski definition) is 3. The highest BCUT2D eigenvalue weighted by Crippen LogP contribution is 2.26. The Morgan fingerprint density at radius 1 is 1.54 bits per heavy atom. The van der Waals surface area contributed by atoms with Crippen LogP contribution in [0.4, 0.5) is 5.82 Å². The molecule has 0 aromatic carbocycles. The Labute approximate surface area is 89.1 Å². The van der Waals surface area contributed by atoms with Gasteiger partial charge in [-0.15, -0.1) is 0 Å². The highest BCUT2D eigenvalue weighted by Gasteiger charge is 2.11. The number of aryl methyl sites for hydroxylation is 1. The molecule has 0 aliphatic rings. The lowest BCUT2D eigenvalue weighted by molar-refractivity contribution is 1.06. The number of nitrogens with two attached hydrogens (primary N) is 1. The maximum absolute atomic E-state index is 5.75. The Balaban J connectivity index is 2.85. The van der Waals surface area contributed by atoms with Crippen molar-refractivity contribution in [3.05, 3.63) is 15.6 Å². The Morgan fingerprint density at radius 3 is 2.92 bits per heavy atom. The zero-order chi connectivity index (χ0) is 9.42. The van der Waals surface area contributed by atoms with Crippen LogP contribution in [0.5, 0.6) is 0 Å². The molecule has 3 N–H and O–H groups in total. The van der Waals surface area contributed by atoms with Gasteiger partial charge in [0.05, 0.1) is 5.39 Å². The van der Waals surface area contributed by atoms with Gasteiger partial charge in [0.1, 0.15) is 17.8 Å². The second-order valence-corrected chi connectivity index (χ2v) is 3.83. The Bertz CT molecular complexity index is 449. The Kier molecular flexibility index (Phi) is 2.10. The summed E-state index contributed by atoms with van der Waals surface area (Å²) in [4.78, 5) is 11.3. The van der Waals surface area contributed by atoms with E-state index in [1.165, 1.54) is 12.0 Å². The fraction of sp³-hybridized carbons (Fsp3) is 0.250. The van der Waals surface area contributed by atoms with Gasteiger partial charge in [0.2, 0.25) is 0 Å². The number of nitrogen functional groups attached to an aromatic ring is 1. The van der Waals surface area contributed by atoms with Crippen molar-refractivity contribution in [2.45, 2.75) is 13.3 Å². The van der Waals surface area contributed by atoms with Crippen LogP contribution in [0.2, 0.25) is 0 Å². The molecule has 2 heterocycles. The maximum atomic E-state index is 5.75. The number of aromatic nitrogens is 3. The van der Waals surface area contributed by atoms with Crippen molar-refractivity contribution in [3.8, 4) is 0 Å². The third kappa shape index (κ3) is 1.27. The van der Waals surface area contributed by atoms with Crippen molar-refractivity contribution in [2.24, 2.45) is 0 Å². The molecule has 0 amide bonds. The number of hydrogen-bond donors (Lipinski definition) is 2. The zero-order valence-corrected chi connectivity index (χ0v) is 9.29. The van der Waals surface area contributed by atoms with Gasteiger partial charge < -0.3 is 10.7 Å². The molecule has 0 saturated carbocycles.